The summed E-state index contributed by atoms with van der Waals surface area (Å²) in [7, 11) is -1.97. The Morgan fingerprint density at radius 2 is 1.77 bits per heavy atom. The summed E-state index contributed by atoms with van der Waals surface area (Å²) >= 11 is 0. The number of H-pyrrole nitrogens is 2. The number of nitrogens with one attached hydrogen (secondary N) is 3. The Labute approximate surface area is 173 Å². The minimum absolute atomic E-state index is 0.0407. The van der Waals surface area contributed by atoms with Crippen LogP contribution in [0.4, 0.5) is 0 Å². The number of hydrogen-bond donors (Lipinski definition) is 3. The second-order valence-electron chi connectivity index (χ2n) is 7.70. The quantitative estimate of drug-likeness (QED) is 0.471. The minimum atomic E-state index is -3.60. The van der Waals surface area contributed by atoms with Gasteiger partial charge in [-0.3, -0.25) is 4.79 Å². The first-order chi connectivity index (χ1) is 14.4. The third-order valence-corrected chi connectivity index (χ3v) is 7.77. The number of pyridine rings is 1. The first kappa shape index (κ1) is 19.0. The van der Waals surface area contributed by atoms with Crippen LogP contribution in [0.2, 0.25) is 0 Å². The molecule has 0 spiro atoms. The number of aromatic nitrogens is 2. The Morgan fingerprint density at radius 1 is 0.967 bits per heavy atom. The molecular formula is C22H22N4O3S. The van der Waals surface area contributed by atoms with Crippen LogP contribution in [0.15, 0.2) is 64.3 Å². The van der Waals surface area contributed by atoms with Crippen molar-refractivity contribution < 1.29 is 8.42 Å². The van der Waals surface area contributed by atoms with Gasteiger partial charge in [0.25, 0.3) is 5.56 Å². The molecule has 2 aromatic heterocycles. The zero-order valence-electron chi connectivity index (χ0n) is 16.5. The number of fused-ring (bicyclic) bond motifs is 2. The van der Waals surface area contributed by atoms with Crippen LogP contribution in [0.25, 0.3) is 33.1 Å². The molecule has 1 unspecified atom stereocenters. The summed E-state index contributed by atoms with van der Waals surface area (Å²) in [5, 5.41) is 4.98. The van der Waals surface area contributed by atoms with Gasteiger partial charge >= 0.3 is 0 Å². The lowest BCUT2D eigenvalue weighted by Gasteiger charge is -2.23. The van der Waals surface area contributed by atoms with Crippen molar-refractivity contribution in [2.24, 2.45) is 0 Å². The van der Waals surface area contributed by atoms with Gasteiger partial charge in [-0.1, -0.05) is 24.3 Å². The Balaban J connectivity index is 1.56. The molecule has 5 rings (SSSR count). The molecular weight excluding hydrogens is 400 g/mol. The molecule has 8 heteroatoms. The summed E-state index contributed by atoms with van der Waals surface area (Å²) in [6.45, 7) is 1.49. The van der Waals surface area contributed by atoms with Crippen LogP contribution >= 0.6 is 0 Å². The Morgan fingerprint density at radius 3 is 2.57 bits per heavy atom. The zero-order valence-corrected chi connectivity index (χ0v) is 17.3. The summed E-state index contributed by atoms with van der Waals surface area (Å²) in [6, 6.07) is 16.3. The van der Waals surface area contributed by atoms with Crippen molar-refractivity contribution in [3.8, 4) is 11.3 Å². The molecule has 3 N–H and O–H groups in total. The van der Waals surface area contributed by atoms with E-state index in [-0.39, 0.29) is 16.5 Å². The number of hydrogen-bond acceptors (Lipinski definition) is 4. The van der Waals surface area contributed by atoms with E-state index in [1.165, 1.54) is 4.31 Å². The van der Waals surface area contributed by atoms with Crippen molar-refractivity contribution in [3.63, 3.8) is 0 Å². The van der Waals surface area contributed by atoms with E-state index in [0.717, 1.165) is 29.3 Å². The summed E-state index contributed by atoms with van der Waals surface area (Å²) < 4.78 is 27.6. The first-order valence-electron chi connectivity index (χ1n) is 9.87. The highest BCUT2D eigenvalue weighted by Gasteiger charge is 2.30. The molecule has 1 atom stereocenters. The third kappa shape index (κ3) is 3.13. The fraction of sp³-hybridized carbons (Fsp3) is 0.227. The molecule has 1 aliphatic heterocycles. The molecule has 3 heterocycles. The highest BCUT2D eigenvalue weighted by atomic mass is 32.2. The van der Waals surface area contributed by atoms with Gasteiger partial charge in [0.2, 0.25) is 10.0 Å². The smallest absolute Gasteiger partial charge is 0.257 e. The molecule has 0 saturated carbocycles. The number of nitrogens with zero attached hydrogens (tertiary/aromatic N) is 1. The standard InChI is InChI=1S/C22H22N4O3S/c1-26(16-8-9-23-13-16)30(28,29)17-7-6-15-11-21(24-20(15)12-17)18-10-14-4-2-3-5-19(14)25-22(18)27/h2-7,10-12,16,23-24H,8-9,13H2,1H3,(H,25,27). The van der Waals surface area contributed by atoms with E-state index in [9.17, 15) is 13.2 Å². The van der Waals surface area contributed by atoms with Crippen molar-refractivity contribution in [2.45, 2.75) is 17.4 Å². The fourth-order valence-electron chi connectivity index (χ4n) is 4.07. The average molecular weight is 423 g/mol. The van der Waals surface area contributed by atoms with Crippen molar-refractivity contribution in [2.75, 3.05) is 20.1 Å². The molecule has 4 aromatic rings. The summed E-state index contributed by atoms with van der Waals surface area (Å²) in [5.74, 6) is 0. The minimum Gasteiger partial charge on any atom is -0.354 e. The van der Waals surface area contributed by atoms with Gasteiger partial charge in [-0.2, -0.15) is 4.31 Å². The van der Waals surface area contributed by atoms with Crippen LogP contribution in [-0.2, 0) is 10.0 Å². The highest BCUT2D eigenvalue weighted by Crippen LogP contribution is 2.27. The number of sulfonamides is 1. The first-order valence-corrected chi connectivity index (χ1v) is 11.3. The molecule has 2 aromatic carbocycles. The average Bonchev–Trinajstić information content (AvgIpc) is 3.41. The molecule has 30 heavy (non-hydrogen) atoms. The lowest BCUT2D eigenvalue weighted by molar-refractivity contribution is 0.388. The van der Waals surface area contributed by atoms with Crippen LogP contribution in [0.3, 0.4) is 0 Å². The predicted octanol–water partition coefficient (Wildman–Crippen LogP) is 2.66. The van der Waals surface area contributed by atoms with E-state index < -0.39 is 10.0 Å². The summed E-state index contributed by atoms with van der Waals surface area (Å²) in [6.07, 6.45) is 0.801. The van der Waals surface area contributed by atoms with Crippen molar-refractivity contribution >= 4 is 31.8 Å². The van der Waals surface area contributed by atoms with Crippen molar-refractivity contribution in [1.29, 1.82) is 0 Å². The molecule has 154 valence electrons. The number of rotatable bonds is 4. The van der Waals surface area contributed by atoms with Crippen LogP contribution in [0.1, 0.15) is 6.42 Å². The molecule has 1 saturated heterocycles. The van der Waals surface area contributed by atoms with E-state index in [1.54, 1.807) is 25.2 Å². The maximum atomic E-state index is 13.1. The molecule has 0 amide bonds. The van der Waals surface area contributed by atoms with Gasteiger partial charge in [-0.15, -0.1) is 0 Å². The van der Waals surface area contributed by atoms with Gasteiger partial charge in [0.15, 0.2) is 0 Å². The Hall–Kier alpha value is -2.94. The molecule has 0 aliphatic carbocycles. The lowest BCUT2D eigenvalue weighted by Crippen LogP contribution is -2.38. The number of benzene rings is 2. The Kier molecular flexibility index (Phi) is 4.50. The van der Waals surface area contributed by atoms with E-state index in [4.69, 9.17) is 0 Å². The molecule has 1 aliphatic rings. The summed E-state index contributed by atoms with van der Waals surface area (Å²) in [5.41, 5.74) is 2.43. The second-order valence-corrected chi connectivity index (χ2v) is 9.70. The van der Waals surface area contributed by atoms with Gasteiger partial charge in [0.05, 0.1) is 16.2 Å². The summed E-state index contributed by atoms with van der Waals surface area (Å²) in [4.78, 5) is 19.0. The highest BCUT2D eigenvalue weighted by molar-refractivity contribution is 7.89. The number of para-hydroxylation sites is 1. The third-order valence-electron chi connectivity index (χ3n) is 5.86. The van der Waals surface area contributed by atoms with E-state index in [1.807, 2.05) is 36.4 Å². The van der Waals surface area contributed by atoms with E-state index in [0.29, 0.717) is 23.3 Å². The van der Waals surface area contributed by atoms with Crippen molar-refractivity contribution in [3.05, 3.63) is 65.0 Å². The van der Waals surface area contributed by atoms with E-state index >= 15 is 0 Å². The SMILES string of the molecule is CN(C1CCNC1)S(=O)(=O)c1ccc2cc(-c3cc4ccccc4[nH]c3=O)[nH]c2c1. The molecule has 7 nitrogen and oxygen atoms in total. The van der Waals surface area contributed by atoms with Gasteiger partial charge in [-0.25, -0.2) is 8.42 Å². The second kappa shape index (κ2) is 7.09. The molecule has 0 radical (unpaired) electrons. The maximum Gasteiger partial charge on any atom is 0.257 e. The van der Waals surface area contributed by atoms with Gasteiger partial charge < -0.3 is 15.3 Å². The monoisotopic (exact) mass is 422 g/mol. The van der Waals surface area contributed by atoms with Crippen LogP contribution in [-0.4, -0.2) is 48.9 Å². The van der Waals surface area contributed by atoms with Gasteiger partial charge in [0, 0.05) is 36.1 Å². The van der Waals surface area contributed by atoms with E-state index in [2.05, 4.69) is 15.3 Å². The fourth-order valence-corrected chi connectivity index (χ4v) is 5.48. The maximum absolute atomic E-state index is 13.1. The largest absolute Gasteiger partial charge is 0.354 e. The number of likely N-dealkylation sites (N-methyl/N-ethyl adjacent to an activating group) is 1. The lowest BCUT2D eigenvalue weighted by atomic mass is 10.1. The zero-order chi connectivity index (χ0) is 20.9. The number of aromatic amines is 2. The predicted molar refractivity (Wildman–Crippen MR) is 118 cm³/mol. The molecule has 1 fully saturated rings. The topological polar surface area (TPSA) is 98.1 Å². The van der Waals surface area contributed by atoms with Crippen LogP contribution < -0.4 is 10.9 Å². The van der Waals surface area contributed by atoms with Crippen molar-refractivity contribution in [1.82, 2.24) is 19.6 Å². The van der Waals surface area contributed by atoms with Crippen LogP contribution in [0, 0.1) is 0 Å². The normalized spacial score (nSPS) is 17.3. The van der Waals surface area contributed by atoms with Crippen LogP contribution in [0.5, 0.6) is 0 Å². The van der Waals surface area contributed by atoms with Gasteiger partial charge in [-0.05, 0) is 48.7 Å². The Bertz CT molecular complexity index is 1420. The van der Waals surface area contributed by atoms with Gasteiger partial charge in [0.1, 0.15) is 0 Å². The molecule has 0 bridgehead atoms.